The number of hydrogen-bond donors (Lipinski definition) is 3. The Bertz CT molecular complexity index is 271. The van der Waals surface area contributed by atoms with Crippen LogP contribution in [-0.2, 0) is 4.79 Å². The van der Waals surface area contributed by atoms with Gasteiger partial charge in [0.1, 0.15) is 6.10 Å². The fourth-order valence-corrected chi connectivity index (χ4v) is 2.51. The second kappa shape index (κ2) is 4.43. The SMILES string of the molecule is O=C1C(O)C=CC(O)C1C1CCNCC1. The van der Waals surface area contributed by atoms with E-state index < -0.39 is 18.1 Å². The normalized spacial score (nSPS) is 38.3. The van der Waals surface area contributed by atoms with Crippen LogP contribution in [0.1, 0.15) is 12.8 Å². The molecular formula is C11H17NO3. The Labute approximate surface area is 89.0 Å². The largest absolute Gasteiger partial charge is 0.388 e. The Morgan fingerprint density at radius 1 is 1.20 bits per heavy atom. The zero-order valence-corrected chi connectivity index (χ0v) is 8.60. The number of rotatable bonds is 1. The maximum atomic E-state index is 11.8. The van der Waals surface area contributed by atoms with Crippen LogP contribution in [0.5, 0.6) is 0 Å². The van der Waals surface area contributed by atoms with Crippen molar-refractivity contribution in [1.82, 2.24) is 5.32 Å². The van der Waals surface area contributed by atoms with Crippen molar-refractivity contribution in [1.29, 1.82) is 0 Å². The van der Waals surface area contributed by atoms with E-state index in [9.17, 15) is 15.0 Å². The fraction of sp³-hybridized carbons (Fsp3) is 0.727. The monoisotopic (exact) mass is 211 g/mol. The Balaban J connectivity index is 2.11. The predicted molar refractivity (Wildman–Crippen MR) is 55.2 cm³/mol. The number of carbonyl (C=O) groups excluding carboxylic acids is 1. The molecular weight excluding hydrogens is 194 g/mol. The Morgan fingerprint density at radius 2 is 1.87 bits per heavy atom. The Hall–Kier alpha value is -0.710. The summed E-state index contributed by atoms with van der Waals surface area (Å²) in [5.41, 5.74) is 0. The minimum Gasteiger partial charge on any atom is -0.388 e. The van der Waals surface area contributed by atoms with E-state index in [1.807, 2.05) is 0 Å². The number of Topliss-reactive ketones (excluding diaryl/α,β-unsaturated/α-hetero) is 1. The van der Waals surface area contributed by atoms with Gasteiger partial charge in [-0.15, -0.1) is 0 Å². The number of ketones is 1. The van der Waals surface area contributed by atoms with Crippen LogP contribution >= 0.6 is 0 Å². The van der Waals surface area contributed by atoms with Crippen molar-refractivity contribution >= 4 is 5.78 Å². The third kappa shape index (κ3) is 2.12. The van der Waals surface area contributed by atoms with E-state index in [1.165, 1.54) is 6.08 Å². The van der Waals surface area contributed by atoms with Crippen LogP contribution in [0.25, 0.3) is 0 Å². The van der Waals surface area contributed by atoms with Gasteiger partial charge in [-0.1, -0.05) is 12.2 Å². The summed E-state index contributed by atoms with van der Waals surface area (Å²) in [6.45, 7) is 1.78. The molecule has 1 aliphatic carbocycles. The van der Waals surface area contributed by atoms with Crippen molar-refractivity contribution < 1.29 is 15.0 Å². The van der Waals surface area contributed by atoms with Gasteiger partial charge in [-0.3, -0.25) is 4.79 Å². The average molecular weight is 211 g/mol. The summed E-state index contributed by atoms with van der Waals surface area (Å²) in [4.78, 5) is 11.8. The smallest absolute Gasteiger partial charge is 0.171 e. The third-order valence-electron chi connectivity index (χ3n) is 3.37. The summed E-state index contributed by atoms with van der Waals surface area (Å²) >= 11 is 0. The van der Waals surface area contributed by atoms with Crippen LogP contribution < -0.4 is 5.32 Å². The second-order valence-electron chi connectivity index (χ2n) is 4.34. The first-order valence-electron chi connectivity index (χ1n) is 5.49. The summed E-state index contributed by atoms with van der Waals surface area (Å²) in [7, 11) is 0. The lowest BCUT2D eigenvalue weighted by Gasteiger charge is -2.34. The predicted octanol–water partition coefficient (Wildman–Crippen LogP) is -0.537. The van der Waals surface area contributed by atoms with Crippen molar-refractivity contribution in [3.05, 3.63) is 12.2 Å². The lowest BCUT2D eigenvalue weighted by atomic mass is 9.75. The van der Waals surface area contributed by atoms with Crippen molar-refractivity contribution in [3.8, 4) is 0 Å². The van der Waals surface area contributed by atoms with E-state index in [4.69, 9.17) is 0 Å². The molecule has 84 valence electrons. The maximum Gasteiger partial charge on any atom is 0.171 e. The molecule has 0 aromatic heterocycles. The first kappa shape index (κ1) is 10.8. The highest BCUT2D eigenvalue weighted by Crippen LogP contribution is 2.29. The van der Waals surface area contributed by atoms with E-state index in [-0.39, 0.29) is 11.7 Å². The van der Waals surface area contributed by atoms with Crippen LogP contribution in [0.3, 0.4) is 0 Å². The fourth-order valence-electron chi connectivity index (χ4n) is 2.51. The molecule has 2 rings (SSSR count). The van der Waals surface area contributed by atoms with Gasteiger partial charge in [-0.2, -0.15) is 0 Å². The summed E-state index contributed by atoms with van der Waals surface area (Å²) in [5.74, 6) is -0.433. The molecule has 4 nitrogen and oxygen atoms in total. The van der Waals surface area contributed by atoms with Crippen LogP contribution in [0, 0.1) is 11.8 Å². The molecule has 0 amide bonds. The Morgan fingerprint density at radius 3 is 2.53 bits per heavy atom. The topological polar surface area (TPSA) is 69.6 Å². The lowest BCUT2D eigenvalue weighted by Crippen LogP contribution is -2.45. The minimum atomic E-state index is -1.02. The van der Waals surface area contributed by atoms with E-state index >= 15 is 0 Å². The molecule has 0 radical (unpaired) electrons. The molecule has 1 fully saturated rings. The van der Waals surface area contributed by atoms with Gasteiger partial charge < -0.3 is 15.5 Å². The zero-order valence-electron chi connectivity index (χ0n) is 8.60. The average Bonchev–Trinajstić information content (AvgIpc) is 2.26. The number of aliphatic hydroxyl groups is 2. The zero-order chi connectivity index (χ0) is 10.8. The van der Waals surface area contributed by atoms with Gasteiger partial charge >= 0.3 is 0 Å². The molecule has 0 aromatic carbocycles. The van der Waals surface area contributed by atoms with Crippen LogP contribution in [-0.4, -0.2) is 41.3 Å². The second-order valence-corrected chi connectivity index (χ2v) is 4.34. The van der Waals surface area contributed by atoms with Gasteiger partial charge in [0.15, 0.2) is 5.78 Å². The molecule has 1 aliphatic heterocycles. The van der Waals surface area contributed by atoms with Crippen molar-refractivity contribution in [2.24, 2.45) is 11.8 Å². The summed E-state index contributed by atoms with van der Waals surface area (Å²) < 4.78 is 0. The van der Waals surface area contributed by atoms with Crippen molar-refractivity contribution in [2.45, 2.75) is 25.0 Å². The van der Waals surface area contributed by atoms with E-state index in [0.717, 1.165) is 25.9 Å². The molecule has 1 heterocycles. The molecule has 4 heteroatoms. The van der Waals surface area contributed by atoms with Gasteiger partial charge in [-0.05, 0) is 31.8 Å². The molecule has 3 N–H and O–H groups in total. The molecule has 1 saturated heterocycles. The minimum absolute atomic E-state index is 0.202. The maximum absolute atomic E-state index is 11.8. The Kier molecular flexibility index (Phi) is 3.19. The quantitative estimate of drug-likeness (QED) is 0.510. The van der Waals surface area contributed by atoms with E-state index in [2.05, 4.69) is 5.32 Å². The number of aliphatic hydroxyl groups excluding tert-OH is 2. The molecule has 0 spiro atoms. The lowest BCUT2D eigenvalue weighted by molar-refractivity contribution is -0.135. The number of nitrogens with one attached hydrogen (secondary N) is 1. The molecule has 2 aliphatic rings. The molecule has 0 aromatic rings. The number of hydrogen-bond acceptors (Lipinski definition) is 4. The summed E-state index contributed by atoms with van der Waals surface area (Å²) in [6.07, 6.45) is 2.98. The van der Waals surface area contributed by atoms with Crippen molar-refractivity contribution in [2.75, 3.05) is 13.1 Å². The van der Waals surface area contributed by atoms with Crippen LogP contribution in [0.4, 0.5) is 0 Å². The van der Waals surface area contributed by atoms with Crippen LogP contribution in [0.15, 0.2) is 12.2 Å². The molecule has 3 atom stereocenters. The molecule has 3 unspecified atom stereocenters. The van der Waals surface area contributed by atoms with Gasteiger partial charge in [0.05, 0.1) is 12.0 Å². The van der Waals surface area contributed by atoms with E-state index in [0.29, 0.717) is 0 Å². The first-order valence-corrected chi connectivity index (χ1v) is 5.49. The van der Waals surface area contributed by atoms with Crippen LogP contribution in [0.2, 0.25) is 0 Å². The highest BCUT2D eigenvalue weighted by molar-refractivity contribution is 5.89. The van der Waals surface area contributed by atoms with E-state index in [1.54, 1.807) is 6.08 Å². The molecule has 0 saturated carbocycles. The number of carbonyl (C=O) groups is 1. The third-order valence-corrected chi connectivity index (χ3v) is 3.37. The van der Waals surface area contributed by atoms with Gasteiger partial charge in [0, 0.05) is 0 Å². The van der Waals surface area contributed by atoms with Gasteiger partial charge in [0.25, 0.3) is 0 Å². The van der Waals surface area contributed by atoms with Crippen molar-refractivity contribution in [3.63, 3.8) is 0 Å². The van der Waals surface area contributed by atoms with Gasteiger partial charge in [0.2, 0.25) is 0 Å². The standard InChI is InChI=1S/C11H17NO3/c13-8-1-2-9(14)11(15)10(8)7-3-5-12-6-4-7/h1-2,7-10,12-14H,3-6H2. The molecule has 0 bridgehead atoms. The van der Waals surface area contributed by atoms with Gasteiger partial charge in [-0.25, -0.2) is 0 Å². The first-order chi connectivity index (χ1) is 7.20. The highest BCUT2D eigenvalue weighted by atomic mass is 16.3. The highest BCUT2D eigenvalue weighted by Gasteiger charge is 2.38. The summed E-state index contributed by atoms with van der Waals surface area (Å²) in [6, 6.07) is 0. The summed E-state index contributed by atoms with van der Waals surface area (Å²) in [5, 5.41) is 22.4. The number of piperidine rings is 1. The molecule has 15 heavy (non-hydrogen) atoms.